The van der Waals surface area contributed by atoms with Gasteiger partial charge in [-0.05, 0) is 58.9 Å². The number of carbonyl (C=O) groups excluding carboxylic acids is 1. The first-order valence-corrected chi connectivity index (χ1v) is 8.24. The lowest BCUT2D eigenvalue weighted by molar-refractivity contribution is -0.125. The lowest BCUT2D eigenvalue weighted by Crippen LogP contribution is -2.63. The summed E-state index contributed by atoms with van der Waals surface area (Å²) in [7, 11) is 0. The zero-order chi connectivity index (χ0) is 14.8. The van der Waals surface area contributed by atoms with Gasteiger partial charge in [-0.2, -0.15) is 0 Å². The minimum atomic E-state index is -0.618. The van der Waals surface area contributed by atoms with E-state index in [0.29, 0.717) is 6.04 Å². The molecule has 116 valence electrons. The van der Waals surface area contributed by atoms with Crippen molar-refractivity contribution < 1.29 is 4.79 Å². The highest BCUT2D eigenvalue weighted by molar-refractivity contribution is 5.84. The van der Waals surface area contributed by atoms with Gasteiger partial charge in [0.1, 0.15) is 5.54 Å². The van der Waals surface area contributed by atoms with Crippen LogP contribution < -0.4 is 11.1 Å². The van der Waals surface area contributed by atoms with Crippen LogP contribution in [0.4, 0.5) is 0 Å². The Balaban J connectivity index is 2.06. The van der Waals surface area contributed by atoms with Crippen molar-refractivity contribution in [3.05, 3.63) is 0 Å². The topological polar surface area (TPSA) is 58.4 Å². The summed E-state index contributed by atoms with van der Waals surface area (Å²) < 4.78 is 0. The van der Waals surface area contributed by atoms with Gasteiger partial charge in [-0.1, -0.05) is 12.8 Å². The average Bonchev–Trinajstić information content (AvgIpc) is 2.38. The average molecular weight is 281 g/mol. The number of likely N-dealkylation sites (tertiary alicyclic amines) is 1. The number of hydrogen-bond donors (Lipinski definition) is 2. The van der Waals surface area contributed by atoms with Crippen molar-refractivity contribution in [2.75, 3.05) is 13.1 Å². The predicted molar refractivity (Wildman–Crippen MR) is 82.4 cm³/mol. The van der Waals surface area contributed by atoms with Gasteiger partial charge in [-0.15, -0.1) is 0 Å². The number of nitrogens with one attached hydrogen (secondary N) is 1. The lowest BCUT2D eigenvalue weighted by atomic mass is 9.77. The first kappa shape index (κ1) is 15.8. The molecule has 4 heteroatoms. The van der Waals surface area contributed by atoms with Crippen molar-refractivity contribution in [2.45, 2.75) is 76.9 Å². The van der Waals surface area contributed by atoms with E-state index >= 15 is 0 Å². The number of nitrogens with zero attached hydrogens (tertiary/aromatic N) is 1. The molecule has 1 saturated heterocycles. The Bertz CT molecular complexity index is 343. The summed E-state index contributed by atoms with van der Waals surface area (Å²) in [6, 6.07) is 0.935. The molecule has 2 fully saturated rings. The van der Waals surface area contributed by atoms with Crippen LogP contribution in [0.3, 0.4) is 0 Å². The molecule has 0 bridgehead atoms. The van der Waals surface area contributed by atoms with Crippen molar-refractivity contribution in [1.29, 1.82) is 0 Å². The van der Waals surface area contributed by atoms with E-state index in [-0.39, 0.29) is 11.9 Å². The highest BCUT2D eigenvalue weighted by Gasteiger charge is 2.39. The molecule has 1 unspecified atom stereocenters. The highest BCUT2D eigenvalue weighted by Crippen LogP contribution is 2.35. The van der Waals surface area contributed by atoms with Gasteiger partial charge in [-0.25, -0.2) is 0 Å². The van der Waals surface area contributed by atoms with E-state index in [9.17, 15) is 4.79 Å². The first-order valence-electron chi connectivity index (χ1n) is 8.24. The molecule has 2 aliphatic rings. The second-order valence-electron chi connectivity index (χ2n) is 7.22. The second kappa shape index (κ2) is 6.44. The largest absolute Gasteiger partial charge is 0.368 e. The van der Waals surface area contributed by atoms with E-state index in [1.54, 1.807) is 0 Å². The number of rotatable bonds is 5. The van der Waals surface area contributed by atoms with Gasteiger partial charge in [-0.3, -0.25) is 9.69 Å². The molecule has 1 amide bonds. The molecule has 2 rings (SSSR count). The van der Waals surface area contributed by atoms with Gasteiger partial charge in [0, 0.05) is 18.6 Å². The molecule has 4 nitrogen and oxygen atoms in total. The molecule has 0 aromatic rings. The van der Waals surface area contributed by atoms with E-state index in [2.05, 4.69) is 24.1 Å². The first-order chi connectivity index (χ1) is 9.42. The molecule has 0 aromatic heterocycles. The van der Waals surface area contributed by atoms with Gasteiger partial charge in [0.15, 0.2) is 0 Å². The fourth-order valence-electron chi connectivity index (χ4n) is 4.16. The molecule has 0 spiro atoms. The SMILES string of the molecule is CC(C)NC(C)(CN1CCC[C@H]2CCCC[C@H]21)C(N)=O. The standard InChI is InChI=1S/C16H31N3O/c1-12(2)18-16(3,15(17)20)11-19-10-6-8-13-7-4-5-9-14(13)19/h12-14,18H,4-11H2,1-3H3,(H2,17,20)/t13-,14-,16?/m1/s1. The van der Waals surface area contributed by atoms with Crippen molar-refractivity contribution in [3.8, 4) is 0 Å². The monoisotopic (exact) mass is 281 g/mol. The maximum absolute atomic E-state index is 11.9. The Morgan fingerprint density at radius 3 is 2.60 bits per heavy atom. The van der Waals surface area contributed by atoms with Crippen LogP contribution in [0.25, 0.3) is 0 Å². The van der Waals surface area contributed by atoms with Crippen LogP contribution in [0.2, 0.25) is 0 Å². The number of hydrogen-bond acceptors (Lipinski definition) is 3. The second-order valence-corrected chi connectivity index (χ2v) is 7.22. The maximum atomic E-state index is 11.9. The Morgan fingerprint density at radius 1 is 1.30 bits per heavy atom. The van der Waals surface area contributed by atoms with Gasteiger partial charge in [0.2, 0.25) is 5.91 Å². The highest BCUT2D eigenvalue weighted by atomic mass is 16.1. The fraction of sp³-hybridized carbons (Fsp3) is 0.938. The molecule has 3 atom stereocenters. The van der Waals surface area contributed by atoms with E-state index in [4.69, 9.17) is 5.73 Å². The zero-order valence-corrected chi connectivity index (χ0v) is 13.3. The zero-order valence-electron chi connectivity index (χ0n) is 13.3. The summed E-state index contributed by atoms with van der Waals surface area (Å²) in [5.74, 6) is 0.609. The molecule has 1 heterocycles. The predicted octanol–water partition coefficient (Wildman–Crippen LogP) is 1.88. The van der Waals surface area contributed by atoms with Crippen LogP contribution >= 0.6 is 0 Å². The molecule has 3 N–H and O–H groups in total. The van der Waals surface area contributed by atoms with Crippen LogP contribution in [0.5, 0.6) is 0 Å². The number of primary amides is 1. The van der Waals surface area contributed by atoms with Crippen molar-refractivity contribution in [1.82, 2.24) is 10.2 Å². The number of amides is 1. The summed E-state index contributed by atoms with van der Waals surface area (Å²) in [5.41, 5.74) is 5.06. The number of nitrogens with two attached hydrogens (primary N) is 1. The van der Waals surface area contributed by atoms with Crippen LogP contribution in [0.15, 0.2) is 0 Å². The minimum Gasteiger partial charge on any atom is -0.368 e. The van der Waals surface area contributed by atoms with Crippen LogP contribution in [0, 0.1) is 5.92 Å². The maximum Gasteiger partial charge on any atom is 0.238 e. The van der Waals surface area contributed by atoms with Crippen LogP contribution in [-0.4, -0.2) is 41.5 Å². The van der Waals surface area contributed by atoms with Gasteiger partial charge in [0.05, 0.1) is 0 Å². The van der Waals surface area contributed by atoms with Gasteiger partial charge >= 0.3 is 0 Å². The van der Waals surface area contributed by atoms with E-state index in [1.165, 1.54) is 38.5 Å². The third kappa shape index (κ3) is 3.53. The molecular formula is C16H31N3O. The third-order valence-corrected chi connectivity index (χ3v) is 5.03. The Labute approximate surface area is 123 Å². The third-order valence-electron chi connectivity index (χ3n) is 5.03. The van der Waals surface area contributed by atoms with E-state index in [1.807, 2.05) is 6.92 Å². The van der Waals surface area contributed by atoms with Crippen LogP contribution in [-0.2, 0) is 4.79 Å². The number of carbonyl (C=O) groups is 1. The molecule has 20 heavy (non-hydrogen) atoms. The normalized spacial score (nSPS) is 30.8. The summed E-state index contributed by atoms with van der Waals surface area (Å²) in [6.45, 7) is 7.97. The van der Waals surface area contributed by atoms with Gasteiger partial charge in [0.25, 0.3) is 0 Å². The number of fused-ring (bicyclic) bond motifs is 1. The minimum absolute atomic E-state index is 0.232. The molecule has 1 aliphatic heterocycles. The fourth-order valence-corrected chi connectivity index (χ4v) is 4.16. The molecule has 0 radical (unpaired) electrons. The smallest absolute Gasteiger partial charge is 0.238 e. The summed E-state index contributed by atoms with van der Waals surface area (Å²) in [4.78, 5) is 14.5. The van der Waals surface area contributed by atoms with Crippen LogP contribution in [0.1, 0.15) is 59.3 Å². The molecular weight excluding hydrogens is 250 g/mol. The van der Waals surface area contributed by atoms with E-state index in [0.717, 1.165) is 19.0 Å². The van der Waals surface area contributed by atoms with Gasteiger partial charge < -0.3 is 11.1 Å². The lowest BCUT2D eigenvalue weighted by Gasteiger charge is -2.47. The summed E-state index contributed by atoms with van der Waals surface area (Å²) in [5, 5.41) is 3.38. The van der Waals surface area contributed by atoms with Crippen molar-refractivity contribution in [3.63, 3.8) is 0 Å². The molecule has 0 aromatic carbocycles. The Hall–Kier alpha value is -0.610. The van der Waals surface area contributed by atoms with E-state index < -0.39 is 5.54 Å². The Kier molecular flexibility index (Phi) is 5.08. The van der Waals surface area contributed by atoms with Crippen molar-refractivity contribution in [2.24, 2.45) is 11.7 Å². The Morgan fingerprint density at radius 2 is 1.95 bits per heavy atom. The number of piperidine rings is 1. The van der Waals surface area contributed by atoms with Crippen molar-refractivity contribution >= 4 is 5.91 Å². The summed E-state index contributed by atoms with van der Waals surface area (Å²) >= 11 is 0. The molecule has 1 aliphatic carbocycles. The quantitative estimate of drug-likeness (QED) is 0.809. The molecule has 1 saturated carbocycles. The summed E-state index contributed by atoms with van der Waals surface area (Å²) in [6.07, 6.45) is 8.01.